The van der Waals surface area contributed by atoms with Gasteiger partial charge in [-0.05, 0) is 59.0 Å². The molecule has 0 fully saturated rings. The van der Waals surface area contributed by atoms with E-state index in [1.807, 2.05) is 36.5 Å². The van der Waals surface area contributed by atoms with Crippen LogP contribution < -0.4 is 14.8 Å². The van der Waals surface area contributed by atoms with Crippen molar-refractivity contribution in [1.29, 1.82) is 0 Å². The number of rotatable bonds is 8. The first kappa shape index (κ1) is 25.3. The largest absolute Gasteiger partial charge is 0.492 e. The molecule has 4 N–H and O–H groups in total. The van der Waals surface area contributed by atoms with Gasteiger partial charge in [0.15, 0.2) is 0 Å². The summed E-state index contributed by atoms with van der Waals surface area (Å²) in [4.78, 5) is 15.2. The number of fused-ring (bicyclic) bond motifs is 2. The lowest BCUT2D eigenvalue weighted by Gasteiger charge is -2.18. The molecule has 192 valence electrons. The number of para-hydroxylation sites is 1. The van der Waals surface area contributed by atoms with Gasteiger partial charge in [-0.3, -0.25) is 4.79 Å². The van der Waals surface area contributed by atoms with E-state index in [9.17, 15) is 18.3 Å². The van der Waals surface area contributed by atoms with E-state index >= 15 is 0 Å². The number of nitrogens with one attached hydrogen (secondary N) is 3. The average Bonchev–Trinajstić information content (AvgIpc) is 3.54. The number of ether oxygens (including phenoxy) is 1. The number of amides is 1. The van der Waals surface area contributed by atoms with Gasteiger partial charge in [-0.2, -0.15) is 0 Å². The molecule has 1 aliphatic heterocycles. The van der Waals surface area contributed by atoms with Crippen LogP contribution in [0.1, 0.15) is 21.5 Å². The zero-order valence-corrected chi connectivity index (χ0v) is 21.6. The summed E-state index contributed by atoms with van der Waals surface area (Å²) in [5, 5.41) is 13.8. The van der Waals surface area contributed by atoms with Crippen molar-refractivity contribution in [1.82, 2.24) is 15.0 Å². The summed E-state index contributed by atoms with van der Waals surface area (Å²) in [6.45, 7) is -0.00548. The molecule has 2 heterocycles. The topological polar surface area (TPSA) is 121 Å². The molecule has 1 atom stereocenters. The number of carbonyl (C=O) groups is 1. The summed E-state index contributed by atoms with van der Waals surface area (Å²) in [6, 6.07) is 15.4. The van der Waals surface area contributed by atoms with E-state index in [-0.39, 0.29) is 22.4 Å². The van der Waals surface area contributed by atoms with Gasteiger partial charge in [-0.25, -0.2) is 13.1 Å². The number of aliphatic hydroxyl groups is 1. The van der Waals surface area contributed by atoms with Crippen molar-refractivity contribution in [3.05, 3.63) is 82.5 Å². The summed E-state index contributed by atoms with van der Waals surface area (Å²) in [5.41, 5.74) is 4.24. The van der Waals surface area contributed by atoms with Crippen LogP contribution in [0.3, 0.4) is 0 Å². The monoisotopic (exact) mass is 539 g/mol. The highest BCUT2D eigenvalue weighted by molar-refractivity contribution is 7.89. The number of aromatic nitrogens is 1. The molecular formula is C27H26ClN3O5S. The quantitative estimate of drug-likeness (QED) is 0.272. The van der Waals surface area contributed by atoms with E-state index in [1.54, 1.807) is 18.2 Å². The fourth-order valence-corrected chi connectivity index (χ4v) is 6.35. The van der Waals surface area contributed by atoms with Crippen molar-refractivity contribution in [2.24, 2.45) is 0 Å². The van der Waals surface area contributed by atoms with Crippen molar-refractivity contribution in [3.63, 3.8) is 0 Å². The van der Waals surface area contributed by atoms with Crippen LogP contribution in [-0.2, 0) is 22.9 Å². The molecule has 37 heavy (non-hydrogen) atoms. The fraction of sp³-hybridized carbons (Fsp3) is 0.222. The first-order valence-corrected chi connectivity index (χ1v) is 13.7. The van der Waals surface area contributed by atoms with E-state index in [0.29, 0.717) is 41.9 Å². The molecule has 0 bridgehead atoms. The van der Waals surface area contributed by atoms with Crippen molar-refractivity contribution >= 4 is 38.4 Å². The van der Waals surface area contributed by atoms with Gasteiger partial charge in [0.25, 0.3) is 5.91 Å². The van der Waals surface area contributed by atoms with E-state index in [0.717, 1.165) is 22.0 Å². The zero-order chi connectivity index (χ0) is 26.2. The maximum Gasteiger partial charge on any atom is 0.252 e. The number of carbonyl (C=O) groups excluding carboxylic acids is 1. The highest BCUT2D eigenvalue weighted by Crippen LogP contribution is 2.38. The number of aromatic amines is 1. The molecule has 3 aromatic carbocycles. The van der Waals surface area contributed by atoms with Crippen LogP contribution in [0, 0.1) is 0 Å². The van der Waals surface area contributed by atoms with Crippen molar-refractivity contribution in [2.75, 3.05) is 20.3 Å². The molecule has 8 nitrogen and oxygen atoms in total. The summed E-state index contributed by atoms with van der Waals surface area (Å²) in [6.07, 6.45) is 2.70. The minimum Gasteiger partial charge on any atom is -0.492 e. The molecule has 1 aliphatic rings. The second-order valence-electron chi connectivity index (χ2n) is 8.90. The van der Waals surface area contributed by atoms with Gasteiger partial charge in [-0.15, -0.1) is 0 Å². The molecule has 0 radical (unpaired) electrons. The average molecular weight is 540 g/mol. The Balaban J connectivity index is 1.48. The predicted molar refractivity (Wildman–Crippen MR) is 143 cm³/mol. The third kappa shape index (κ3) is 4.95. The summed E-state index contributed by atoms with van der Waals surface area (Å²) >= 11 is 6.35. The molecule has 0 aliphatic carbocycles. The summed E-state index contributed by atoms with van der Waals surface area (Å²) < 4.78 is 35.6. The smallest absolute Gasteiger partial charge is 0.252 e. The first-order chi connectivity index (χ1) is 17.8. The van der Waals surface area contributed by atoms with Crippen LogP contribution in [0.5, 0.6) is 5.75 Å². The Kier molecular flexibility index (Phi) is 6.96. The minimum atomic E-state index is -4.06. The van der Waals surface area contributed by atoms with E-state index in [4.69, 9.17) is 16.3 Å². The third-order valence-corrected chi connectivity index (χ3v) is 8.34. The number of hydrogen-bond donors (Lipinski definition) is 4. The standard InChI is InChI=1S/C27H26ClN3O5S/c1-29-27(33)22-7-6-16(12-23(22)28)18-10-17-8-9-36-26(17)25(13-18)37(34,35)31-20(15-32)11-19-14-30-24-5-3-2-4-21(19)24/h2-7,10,12-14,20,30-32H,8-9,11,15H2,1H3,(H,29,33)/t20-/m1/s1. The number of benzene rings is 3. The molecule has 0 saturated heterocycles. The molecule has 0 spiro atoms. The number of sulfonamides is 1. The van der Waals surface area contributed by atoms with Gasteiger partial charge < -0.3 is 20.1 Å². The molecule has 0 unspecified atom stereocenters. The van der Waals surface area contributed by atoms with Crippen molar-refractivity contribution in [3.8, 4) is 16.9 Å². The molecule has 1 amide bonds. The molecule has 4 aromatic rings. The van der Waals surface area contributed by atoms with Crippen LogP contribution in [0.4, 0.5) is 0 Å². The Bertz CT molecular complexity index is 1600. The van der Waals surface area contributed by atoms with Gasteiger partial charge in [0.05, 0.1) is 23.8 Å². The number of hydrogen-bond acceptors (Lipinski definition) is 5. The minimum absolute atomic E-state index is 0.00127. The van der Waals surface area contributed by atoms with E-state index in [1.165, 1.54) is 13.1 Å². The van der Waals surface area contributed by atoms with Gasteiger partial charge in [0.1, 0.15) is 10.6 Å². The SMILES string of the molecule is CNC(=O)c1ccc(-c2cc3c(c(S(=O)(=O)N[C@@H](CO)Cc4c[nH]c5ccccc45)c2)OCC3)cc1Cl. The van der Waals surface area contributed by atoms with Crippen molar-refractivity contribution in [2.45, 2.75) is 23.8 Å². The Hall–Kier alpha value is -3.37. The van der Waals surface area contributed by atoms with E-state index in [2.05, 4.69) is 15.0 Å². The third-order valence-electron chi connectivity index (χ3n) is 6.50. The molecule has 0 saturated carbocycles. The number of H-pyrrole nitrogens is 1. The Labute approximate surface area is 219 Å². The molecular weight excluding hydrogens is 514 g/mol. The van der Waals surface area contributed by atoms with Crippen LogP contribution in [-0.4, -0.2) is 50.7 Å². The maximum atomic E-state index is 13.6. The fourth-order valence-electron chi connectivity index (χ4n) is 4.64. The van der Waals surface area contributed by atoms with Gasteiger partial charge in [0.2, 0.25) is 10.0 Å². The lowest BCUT2D eigenvalue weighted by molar-refractivity contribution is 0.0963. The van der Waals surface area contributed by atoms with Crippen LogP contribution in [0.25, 0.3) is 22.0 Å². The zero-order valence-electron chi connectivity index (χ0n) is 20.0. The molecule has 5 rings (SSSR count). The summed E-state index contributed by atoms with van der Waals surface area (Å²) in [7, 11) is -2.54. The second-order valence-corrected chi connectivity index (χ2v) is 11.0. The number of aliphatic hydroxyl groups excluding tert-OH is 1. The predicted octanol–water partition coefficient (Wildman–Crippen LogP) is 3.66. The van der Waals surface area contributed by atoms with Crippen LogP contribution in [0.15, 0.2) is 65.7 Å². The lowest BCUT2D eigenvalue weighted by atomic mass is 10.0. The Morgan fingerprint density at radius 1 is 1.16 bits per heavy atom. The van der Waals surface area contributed by atoms with Crippen molar-refractivity contribution < 1.29 is 23.1 Å². The second kappa shape index (κ2) is 10.2. The molecule has 1 aromatic heterocycles. The highest BCUT2D eigenvalue weighted by atomic mass is 35.5. The first-order valence-electron chi connectivity index (χ1n) is 11.8. The van der Waals surface area contributed by atoms with Crippen LogP contribution in [0.2, 0.25) is 5.02 Å². The highest BCUT2D eigenvalue weighted by Gasteiger charge is 2.29. The Morgan fingerprint density at radius 2 is 1.97 bits per heavy atom. The summed E-state index contributed by atoms with van der Waals surface area (Å²) in [5.74, 6) is 0.00438. The van der Waals surface area contributed by atoms with Gasteiger partial charge in [0, 0.05) is 36.6 Å². The van der Waals surface area contributed by atoms with Gasteiger partial charge >= 0.3 is 0 Å². The van der Waals surface area contributed by atoms with Crippen LogP contribution >= 0.6 is 11.6 Å². The Morgan fingerprint density at radius 3 is 2.73 bits per heavy atom. The van der Waals surface area contributed by atoms with E-state index < -0.39 is 16.1 Å². The van der Waals surface area contributed by atoms with Gasteiger partial charge in [-0.1, -0.05) is 35.9 Å². The molecule has 10 heteroatoms. The normalized spacial score (nSPS) is 13.8. The maximum absolute atomic E-state index is 13.6. The number of halogens is 1. The lowest BCUT2D eigenvalue weighted by Crippen LogP contribution is -2.39.